The van der Waals surface area contributed by atoms with Gasteiger partial charge >= 0.3 is 0 Å². The van der Waals surface area contributed by atoms with E-state index in [4.69, 9.17) is 4.74 Å². The first-order valence-corrected chi connectivity index (χ1v) is 10.1. The van der Waals surface area contributed by atoms with Crippen LogP contribution in [-0.2, 0) is 0 Å². The molecule has 0 radical (unpaired) electrons. The lowest BCUT2D eigenvalue weighted by Gasteiger charge is -2.06. The Hall–Kier alpha value is -3.04. The molecule has 0 unspecified atom stereocenters. The number of aromatic nitrogens is 3. The van der Waals surface area contributed by atoms with Crippen molar-refractivity contribution in [1.29, 1.82) is 0 Å². The maximum Gasteiger partial charge on any atom is 0.257 e. The van der Waals surface area contributed by atoms with E-state index in [1.165, 1.54) is 30.6 Å². The van der Waals surface area contributed by atoms with Crippen LogP contribution >= 0.6 is 27.3 Å². The first kappa shape index (κ1) is 19.3. The lowest BCUT2D eigenvalue weighted by Crippen LogP contribution is -2.11. The summed E-state index contributed by atoms with van der Waals surface area (Å²) >= 11 is 4.61. The Morgan fingerprint density at radius 1 is 1.24 bits per heavy atom. The molecule has 2 aromatic heterocycles. The molecule has 6 nitrogen and oxygen atoms in total. The zero-order valence-corrected chi connectivity index (χ0v) is 17.5. The molecular formula is C20H14BrFN4O2S. The largest absolute Gasteiger partial charge is 0.496 e. The smallest absolute Gasteiger partial charge is 0.257 e. The molecule has 0 atom stereocenters. The van der Waals surface area contributed by atoms with E-state index in [0.717, 1.165) is 10.2 Å². The number of methoxy groups -OCH3 is 1. The molecule has 146 valence electrons. The summed E-state index contributed by atoms with van der Waals surface area (Å²) in [6.45, 7) is 0. The van der Waals surface area contributed by atoms with Gasteiger partial charge in [0, 0.05) is 22.7 Å². The number of nitrogens with zero attached hydrogens (tertiary/aromatic N) is 3. The number of carbonyl (C=O) groups is 1. The second-order valence-corrected chi connectivity index (χ2v) is 7.76. The summed E-state index contributed by atoms with van der Waals surface area (Å²) in [6.07, 6.45) is 3.52. The highest BCUT2D eigenvalue weighted by atomic mass is 79.9. The highest BCUT2D eigenvalue weighted by molar-refractivity contribution is 9.10. The van der Waals surface area contributed by atoms with E-state index in [0.29, 0.717) is 27.7 Å². The molecule has 2 aromatic carbocycles. The Kier molecular flexibility index (Phi) is 5.41. The third-order valence-corrected chi connectivity index (χ3v) is 5.27. The van der Waals surface area contributed by atoms with Gasteiger partial charge in [0.05, 0.1) is 29.2 Å². The van der Waals surface area contributed by atoms with Crippen LogP contribution in [0.3, 0.4) is 0 Å². The molecule has 0 saturated heterocycles. The van der Waals surface area contributed by atoms with Gasteiger partial charge in [-0.2, -0.15) is 5.10 Å². The van der Waals surface area contributed by atoms with Crippen LogP contribution in [0.25, 0.3) is 16.9 Å². The number of ether oxygens (including phenoxy) is 1. The SMILES string of the molecule is COc1ccc(F)cc1-c1csc(NC(=O)c2ccc(-n3cc(Br)cn3)cc2)n1. The van der Waals surface area contributed by atoms with Crippen LogP contribution in [0.4, 0.5) is 9.52 Å². The number of nitrogens with one attached hydrogen (secondary N) is 1. The number of rotatable bonds is 5. The first-order chi connectivity index (χ1) is 14.0. The predicted molar refractivity (Wildman–Crippen MR) is 113 cm³/mol. The molecule has 9 heteroatoms. The number of benzene rings is 2. The minimum absolute atomic E-state index is 0.287. The van der Waals surface area contributed by atoms with Gasteiger partial charge in [-0.05, 0) is 58.4 Å². The van der Waals surface area contributed by atoms with Crippen LogP contribution in [0, 0.1) is 5.82 Å². The van der Waals surface area contributed by atoms with Crippen molar-refractivity contribution in [1.82, 2.24) is 14.8 Å². The maximum atomic E-state index is 13.6. The number of hydrogen-bond donors (Lipinski definition) is 1. The van der Waals surface area contributed by atoms with E-state index in [1.54, 1.807) is 46.6 Å². The van der Waals surface area contributed by atoms with Crippen LogP contribution in [0.15, 0.2) is 64.7 Å². The minimum atomic E-state index is -0.385. The summed E-state index contributed by atoms with van der Waals surface area (Å²) in [4.78, 5) is 16.9. The Balaban J connectivity index is 1.50. The molecule has 0 aliphatic rings. The molecule has 0 fully saturated rings. The molecule has 0 aliphatic heterocycles. The zero-order chi connectivity index (χ0) is 20.4. The third-order valence-electron chi connectivity index (χ3n) is 4.11. The summed E-state index contributed by atoms with van der Waals surface area (Å²) < 4.78 is 21.4. The number of hydrogen-bond acceptors (Lipinski definition) is 5. The predicted octanol–water partition coefficient (Wildman–Crippen LogP) is 5.16. The van der Waals surface area contributed by atoms with E-state index >= 15 is 0 Å². The summed E-state index contributed by atoms with van der Waals surface area (Å²) in [6, 6.07) is 11.3. The summed E-state index contributed by atoms with van der Waals surface area (Å²) in [7, 11) is 1.51. The van der Waals surface area contributed by atoms with Gasteiger partial charge in [-0.3, -0.25) is 10.1 Å². The maximum absolute atomic E-state index is 13.6. The highest BCUT2D eigenvalue weighted by Crippen LogP contribution is 2.32. The number of anilines is 1. The molecule has 1 amide bonds. The molecule has 2 heterocycles. The van der Waals surface area contributed by atoms with Crippen LogP contribution in [0.1, 0.15) is 10.4 Å². The molecule has 29 heavy (non-hydrogen) atoms. The van der Waals surface area contributed by atoms with Crippen molar-refractivity contribution in [2.24, 2.45) is 0 Å². The van der Waals surface area contributed by atoms with E-state index in [9.17, 15) is 9.18 Å². The van der Waals surface area contributed by atoms with Gasteiger partial charge < -0.3 is 4.74 Å². The van der Waals surface area contributed by atoms with Crippen molar-refractivity contribution in [2.45, 2.75) is 0 Å². The topological polar surface area (TPSA) is 69.0 Å². The van der Waals surface area contributed by atoms with Gasteiger partial charge in [-0.1, -0.05) is 0 Å². The monoisotopic (exact) mass is 472 g/mol. The van der Waals surface area contributed by atoms with Crippen molar-refractivity contribution in [3.05, 3.63) is 76.1 Å². The normalized spacial score (nSPS) is 10.7. The van der Waals surface area contributed by atoms with Crippen LogP contribution < -0.4 is 10.1 Å². The van der Waals surface area contributed by atoms with Crippen LogP contribution in [-0.4, -0.2) is 27.8 Å². The summed E-state index contributed by atoms with van der Waals surface area (Å²) in [5, 5.41) is 9.13. The second kappa shape index (κ2) is 8.14. The van der Waals surface area contributed by atoms with Crippen molar-refractivity contribution < 1.29 is 13.9 Å². The molecule has 0 aliphatic carbocycles. The van der Waals surface area contributed by atoms with Gasteiger partial charge in [0.2, 0.25) is 0 Å². The standard InChI is InChI=1S/C20H14BrFN4O2S/c1-28-18-7-4-14(22)8-16(18)17-11-29-20(24-17)25-19(27)12-2-5-15(6-3-12)26-10-13(21)9-23-26/h2-11H,1H3,(H,24,25,27). The average Bonchev–Trinajstić information content (AvgIpc) is 3.37. The fraction of sp³-hybridized carbons (Fsp3) is 0.0500. The van der Waals surface area contributed by atoms with Gasteiger partial charge in [-0.15, -0.1) is 11.3 Å². The first-order valence-electron chi connectivity index (χ1n) is 8.45. The highest BCUT2D eigenvalue weighted by Gasteiger charge is 2.14. The summed E-state index contributed by atoms with van der Waals surface area (Å²) in [5.41, 5.74) is 2.38. The molecule has 1 N–H and O–H groups in total. The van der Waals surface area contributed by atoms with Crippen molar-refractivity contribution in [3.8, 4) is 22.7 Å². The number of thiazole rings is 1. The van der Waals surface area contributed by atoms with Gasteiger partial charge in [0.1, 0.15) is 11.6 Å². The Morgan fingerprint density at radius 3 is 2.72 bits per heavy atom. The average molecular weight is 473 g/mol. The molecule has 0 bridgehead atoms. The molecule has 4 aromatic rings. The Bertz CT molecular complexity index is 1170. The zero-order valence-electron chi connectivity index (χ0n) is 15.1. The number of carbonyl (C=O) groups excluding carboxylic acids is 1. The molecular weight excluding hydrogens is 459 g/mol. The van der Waals surface area contributed by atoms with Gasteiger partial charge in [-0.25, -0.2) is 14.1 Å². The minimum Gasteiger partial charge on any atom is -0.496 e. The van der Waals surface area contributed by atoms with Crippen LogP contribution in [0.5, 0.6) is 5.75 Å². The number of amides is 1. The Labute approximate surface area is 178 Å². The molecule has 0 spiro atoms. The summed E-state index contributed by atoms with van der Waals surface area (Å²) in [5.74, 6) is -0.163. The fourth-order valence-corrected chi connectivity index (χ4v) is 3.70. The van der Waals surface area contributed by atoms with Gasteiger partial charge in [0.15, 0.2) is 5.13 Å². The van der Waals surface area contributed by atoms with E-state index in [-0.39, 0.29) is 11.7 Å². The van der Waals surface area contributed by atoms with E-state index < -0.39 is 0 Å². The second-order valence-electron chi connectivity index (χ2n) is 5.99. The Morgan fingerprint density at radius 2 is 2.03 bits per heavy atom. The molecule has 0 saturated carbocycles. The lowest BCUT2D eigenvalue weighted by atomic mass is 10.1. The van der Waals surface area contributed by atoms with Crippen molar-refractivity contribution in [3.63, 3.8) is 0 Å². The van der Waals surface area contributed by atoms with Gasteiger partial charge in [0.25, 0.3) is 5.91 Å². The van der Waals surface area contributed by atoms with E-state index in [2.05, 4.69) is 31.3 Å². The van der Waals surface area contributed by atoms with Crippen molar-refractivity contribution in [2.75, 3.05) is 12.4 Å². The van der Waals surface area contributed by atoms with E-state index in [1.807, 2.05) is 6.20 Å². The lowest BCUT2D eigenvalue weighted by molar-refractivity contribution is 0.102. The van der Waals surface area contributed by atoms with Crippen LogP contribution in [0.2, 0.25) is 0 Å². The van der Waals surface area contributed by atoms with Crippen molar-refractivity contribution >= 4 is 38.3 Å². The third kappa shape index (κ3) is 4.20. The number of halogens is 2. The molecule has 4 rings (SSSR count). The fourth-order valence-electron chi connectivity index (χ4n) is 2.71. The quantitative estimate of drug-likeness (QED) is 0.435.